The molecule has 168 valence electrons. The van der Waals surface area contributed by atoms with E-state index in [-0.39, 0.29) is 22.8 Å². The zero-order valence-corrected chi connectivity index (χ0v) is 18.7. The van der Waals surface area contributed by atoms with E-state index >= 15 is 0 Å². The largest absolute Gasteiger partial charge is 0.324 e. The van der Waals surface area contributed by atoms with Crippen LogP contribution in [0.3, 0.4) is 0 Å². The molecule has 1 atom stereocenters. The van der Waals surface area contributed by atoms with Crippen molar-refractivity contribution in [1.82, 2.24) is 15.2 Å². The number of amides is 3. The Morgan fingerprint density at radius 2 is 1.72 bits per heavy atom. The molecular formula is C21H22N4O5S2. The standard InChI is InChI=1S/C21H22N4O5S2/c26-19(13-18-21(28)22-16-5-1-2-6-17(16)31-18)23-24-20(27)14-7-9-15(10-8-14)32(29,30)25-11-3-4-12-25/h1-2,5-10,18H,3-4,11-13H2,(H,22,28)(H,23,26)(H,24,27). The number of rotatable bonds is 5. The van der Waals surface area contributed by atoms with Crippen molar-refractivity contribution in [1.29, 1.82) is 0 Å². The summed E-state index contributed by atoms with van der Waals surface area (Å²) in [6, 6.07) is 12.9. The lowest BCUT2D eigenvalue weighted by molar-refractivity contribution is -0.124. The van der Waals surface area contributed by atoms with Gasteiger partial charge in [-0.15, -0.1) is 11.8 Å². The van der Waals surface area contributed by atoms with E-state index < -0.39 is 27.1 Å². The minimum absolute atomic E-state index is 0.113. The molecule has 1 unspecified atom stereocenters. The Bertz CT molecular complexity index is 1150. The predicted octanol–water partition coefficient (Wildman–Crippen LogP) is 1.74. The van der Waals surface area contributed by atoms with E-state index in [1.54, 1.807) is 6.07 Å². The summed E-state index contributed by atoms with van der Waals surface area (Å²) in [7, 11) is -3.56. The van der Waals surface area contributed by atoms with Gasteiger partial charge in [0.25, 0.3) is 5.91 Å². The van der Waals surface area contributed by atoms with Gasteiger partial charge in [-0.25, -0.2) is 8.42 Å². The van der Waals surface area contributed by atoms with Crippen LogP contribution in [-0.2, 0) is 19.6 Å². The molecule has 11 heteroatoms. The minimum atomic E-state index is -3.56. The van der Waals surface area contributed by atoms with Crippen molar-refractivity contribution in [2.24, 2.45) is 0 Å². The first kappa shape index (κ1) is 22.3. The summed E-state index contributed by atoms with van der Waals surface area (Å²) in [6.07, 6.45) is 1.57. The maximum absolute atomic E-state index is 12.6. The molecule has 2 heterocycles. The van der Waals surface area contributed by atoms with Gasteiger partial charge in [-0.1, -0.05) is 12.1 Å². The van der Waals surface area contributed by atoms with Crippen LogP contribution >= 0.6 is 11.8 Å². The summed E-state index contributed by atoms with van der Waals surface area (Å²) in [5.41, 5.74) is 5.51. The Kier molecular flexibility index (Phi) is 6.49. The molecule has 1 fully saturated rings. The van der Waals surface area contributed by atoms with E-state index in [0.717, 1.165) is 17.7 Å². The highest BCUT2D eigenvalue weighted by atomic mass is 32.2. The summed E-state index contributed by atoms with van der Waals surface area (Å²) in [5, 5.41) is 2.15. The third-order valence-corrected chi connectivity index (χ3v) is 8.40. The zero-order valence-electron chi connectivity index (χ0n) is 17.0. The molecule has 2 aromatic carbocycles. The molecule has 2 aliphatic rings. The molecular weight excluding hydrogens is 452 g/mol. The fourth-order valence-corrected chi connectivity index (χ4v) is 6.13. The Hall–Kier alpha value is -2.89. The summed E-state index contributed by atoms with van der Waals surface area (Å²) in [5.74, 6) is -1.38. The fourth-order valence-electron chi connectivity index (χ4n) is 3.50. The number of carbonyl (C=O) groups excluding carboxylic acids is 3. The molecule has 2 aromatic rings. The number of carbonyl (C=O) groups is 3. The second kappa shape index (κ2) is 9.31. The lowest BCUT2D eigenvalue weighted by atomic mass is 10.2. The van der Waals surface area contributed by atoms with Crippen LogP contribution in [0.2, 0.25) is 0 Å². The SMILES string of the molecule is O=C(CC1Sc2ccccc2NC1=O)NNC(=O)c1ccc(S(=O)(=O)N2CCCC2)cc1. The monoisotopic (exact) mass is 474 g/mol. The molecule has 1 saturated heterocycles. The number of nitrogens with zero attached hydrogens (tertiary/aromatic N) is 1. The van der Waals surface area contributed by atoms with Crippen molar-refractivity contribution >= 4 is 45.2 Å². The van der Waals surface area contributed by atoms with Crippen molar-refractivity contribution in [3.8, 4) is 0 Å². The smallest absolute Gasteiger partial charge is 0.269 e. The molecule has 0 bridgehead atoms. The number of thioether (sulfide) groups is 1. The molecule has 2 aliphatic heterocycles. The van der Waals surface area contributed by atoms with Crippen LogP contribution < -0.4 is 16.2 Å². The molecule has 0 aromatic heterocycles. The summed E-state index contributed by atoms with van der Waals surface area (Å²) < 4.78 is 26.5. The molecule has 0 radical (unpaired) electrons. The van der Waals surface area contributed by atoms with Gasteiger partial charge in [-0.3, -0.25) is 25.2 Å². The normalized spacial score (nSPS) is 18.5. The maximum atomic E-state index is 12.6. The van der Waals surface area contributed by atoms with E-state index in [0.29, 0.717) is 18.8 Å². The number of anilines is 1. The Morgan fingerprint density at radius 3 is 2.44 bits per heavy atom. The number of benzene rings is 2. The number of hydrogen-bond donors (Lipinski definition) is 3. The third kappa shape index (κ3) is 4.79. The lowest BCUT2D eigenvalue weighted by Gasteiger charge is -2.23. The molecule has 0 saturated carbocycles. The quantitative estimate of drug-likeness (QED) is 0.567. The van der Waals surface area contributed by atoms with Crippen LogP contribution in [0.5, 0.6) is 0 Å². The number of sulfonamides is 1. The molecule has 3 N–H and O–H groups in total. The fraction of sp³-hybridized carbons (Fsp3) is 0.286. The van der Waals surface area contributed by atoms with Crippen molar-refractivity contribution in [3.05, 3.63) is 54.1 Å². The summed E-state index contributed by atoms with van der Waals surface area (Å²) >= 11 is 1.29. The van der Waals surface area contributed by atoms with Crippen molar-refractivity contribution in [2.45, 2.75) is 34.3 Å². The summed E-state index contributed by atoms with van der Waals surface area (Å²) in [6.45, 7) is 0.999. The lowest BCUT2D eigenvalue weighted by Crippen LogP contribution is -2.44. The highest BCUT2D eigenvalue weighted by Crippen LogP contribution is 2.36. The van der Waals surface area contributed by atoms with Gasteiger partial charge in [-0.2, -0.15) is 4.31 Å². The topological polar surface area (TPSA) is 125 Å². The highest BCUT2D eigenvalue weighted by molar-refractivity contribution is 8.01. The number of nitrogens with one attached hydrogen (secondary N) is 3. The minimum Gasteiger partial charge on any atom is -0.324 e. The first-order valence-corrected chi connectivity index (χ1v) is 12.4. The zero-order chi connectivity index (χ0) is 22.7. The predicted molar refractivity (Wildman–Crippen MR) is 119 cm³/mol. The van der Waals surface area contributed by atoms with Gasteiger partial charge in [0.05, 0.1) is 15.8 Å². The van der Waals surface area contributed by atoms with Crippen LogP contribution in [0.15, 0.2) is 58.3 Å². The first-order chi connectivity index (χ1) is 15.3. The average molecular weight is 475 g/mol. The van der Waals surface area contributed by atoms with E-state index in [4.69, 9.17) is 0 Å². The van der Waals surface area contributed by atoms with Crippen molar-refractivity contribution in [2.75, 3.05) is 18.4 Å². The van der Waals surface area contributed by atoms with E-state index in [2.05, 4.69) is 16.2 Å². The third-order valence-electron chi connectivity index (χ3n) is 5.21. The van der Waals surface area contributed by atoms with Gasteiger partial charge >= 0.3 is 0 Å². The maximum Gasteiger partial charge on any atom is 0.269 e. The van der Waals surface area contributed by atoms with E-state index in [9.17, 15) is 22.8 Å². The van der Waals surface area contributed by atoms with Gasteiger partial charge in [-0.05, 0) is 49.2 Å². The average Bonchev–Trinajstić information content (AvgIpc) is 3.34. The van der Waals surface area contributed by atoms with Gasteiger partial charge in [0.1, 0.15) is 0 Å². The second-order valence-electron chi connectivity index (χ2n) is 7.43. The van der Waals surface area contributed by atoms with Gasteiger partial charge < -0.3 is 5.32 Å². The molecule has 9 nitrogen and oxygen atoms in total. The number of hydrazine groups is 1. The van der Waals surface area contributed by atoms with Gasteiger partial charge in [0.15, 0.2) is 0 Å². The van der Waals surface area contributed by atoms with Crippen LogP contribution in [0.25, 0.3) is 0 Å². The highest BCUT2D eigenvalue weighted by Gasteiger charge is 2.29. The molecule has 32 heavy (non-hydrogen) atoms. The van der Waals surface area contributed by atoms with Crippen LogP contribution in [0, 0.1) is 0 Å². The van der Waals surface area contributed by atoms with Crippen LogP contribution in [-0.4, -0.2) is 48.8 Å². The van der Waals surface area contributed by atoms with E-state index in [1.807, 2.05) is 18.2 Å². The molecule has 4 rings (SSSR count). The van der Waals surface area contributed by atoms with Crippen LogP contribution in [0.1, 0.15) is 29.6 Å². The summed E-state index contributed by atoms with van der Waals surface area (Å²) in [4.78, 5) is 37.8. The molecule has 0 aliphatic carbocycles. The number of hydrogen-bond acceptors (Lipinski definition) is 6. The van der Waals surface area contributed by atoms with Gasteiger partial charge in [0.2, 0.25) is 21.8 Å². The van der Waals surface area contributed by atoms with Gasteiger partial charge in [0, 0.05) is 30.0 Å². The van der Waals surface area contributed by atoms with Crippen LogP contribution in [0.4, 0.5) is 5.69 Å². The Labute approximate surface area is 190 Å². The number of para-hydroxylation sites is 1. The second-order valence-corrected chi connectivity index (χ2v) is 10.6. The molecule has 0 spiro atoms. The van der Waals surface area contributed by atoms with E-state index in [1.165, 1.54) is 40.3 Å². The Balaban J connectivity index is 1.31. The van der Waals surface area contributed by atoms with Crippen molar-refractivity contribution < 1.29 is 22.8 Å². The molecule has 3 amide bonds. The van der Waals surface area contributed by atoms with Crippen molar-refractivity contribution in [3.63, 3.8) is 0 Å². The Morgan fingerprint density at radius 1 is 1.03 bits per heavy atom. The number of fused-ring (bicyclic) bond motifs is 1. The first-order valence-electron chi connectivity index (χ1n) is 10.1.